The van der Waals surface area contributed by atoms with E-state index >= 15 is 0 Å². The van der Waals surface area contributed by atoms with Gasteiger partial charge in [-0.25, -0.2) is 0 Å². The molecule has 3 N–H and O–H groups in total. The number of nitrogens with one attached hydrogen (secondary N) is 3. The molecular formula is C17H19N3O5. The Labute approximate surface area is 144 Å². The fourth-order valence-electron chi connectivity index (χ4n) is 2.07. The van der Waals surface area contributed by atoms with E-state index in [9.17, 15) is 14.4 Å². The van der Waals surface area contributed by atoms with Crippen molar-refractivity contribution in [2.75, 3.05) is 24.3 Å². The molecule has 2 rings (SSSR count). The van der Waals surface area contributed by atoms with Crippen LogP contribution in [-0.2, 0) is 19.1 Å². The number of hydrogen-bond acceptors (Lipinski definition) is 5. The van der Waals surface area contributed by atoms with Crippen LogP contribution in [0.1, 0.15) is 18.8 Å². The minimum atomic E-state index is -0.804. The van der Waals surface area contributed by atoms with Crippen LogP contribution in [0.4, 0.5) is 11.4 Å². The number of amides is 3. The largest absolute Gasteiger partial charge is 0.467 e. The molecule has 0 radical (unpaired) electrons. The van der Waals surface area contributed by atoms with Gasteiger partial charge >= 0.3 is 11.8 Å². The minimum absolute atomic E-state index is 0.0950. The lowest BCUT2D eigenvalue weighted by molar-refractivity contribution is -0.136. The van der Waals surface area contributed by atoms with E-state index in [-0.39, 0.29) is 12.5 Å². The average molecular weight is 345 g/mol. The number of methoxy groups -OCH3 is 1. The van der Waals surface area contributed by atoms with E-state index in [4.69, 9.17) is 9.15 Å². The summed E-state index contributed by atoms with van der Waals surface area (Å²) in [5.74, 6) is -1.24. The number of hydrogen-bond donors (Lipinski definition) is 3. The van der Waals surface area contributed by atoms with Crippen molar-refractivity contribution in [3.05, 3.63) is 48.4 Å². The summed E-state index contributed by atoms with van der Waals surface area (Å²) in [4.78, 5) is 34.7. The lowest BCUT2D eigenvalue weighted by Gasteiger charge is -2.13. The second-order valence-electron chi connectivity index (χ2n) is 5.16. The summed E-state index contributed by atoms with van der Waals surface area (Å²) in [6.45, 7) is 1.49. The van der Waals surface area contributed by atoms with Gasteiger partial charge in [0.25, 0.3) is 0 Å². The van der Waals surface area contributed by atoms with Crippen LogP contribution in [0.15, 0.2) is 47.1 Å². The van der Waals surface area contributed by atoms with E-state index in [1.165, 1.54) is 20.3 Å². The Bertz CT molecular complexity index is 725. The van der Waals surface area contributed by atoms with Crippen molar-refractivity contribution in [2.24, 2.45) is 0 Å². The summed E-state index contributed by atoms with van der Waals surface area (Å²) < 4.78 is 10.4. The third-order valence-corrected chi connectivity index (χ3v) is 3.26. The van der Waals surface area contributed by atoms with E-state index in [2.05, 4.69) is 16.0 Å². The Morgan fingerprint density at radius 1 is 1.04 bits per heavy atom. The predicted octanol–water partition coefficient (Wildman–Crippen LogP) is 1.68. The minimum Gasteiger partial charge on any atom is -0.467 e. The lowest BCUT2D eigenvalue weighted by Crippen LogP contribution is -2.37. The Morgan fingerprint density at radius 2 is 1.68 bits per heavy atom. The van der Waals surface area contributed by atoms with Gasteiger partial charge in [-0.15, -0.1) is 0 Å². The Kier molecular flexibility index (Phi) is 6.30. The Balaban J connectivity index is 1.85. The van der Waals surface area contributed by atoms with Gasteiger partial charge in [-0.2, -0.15) is 0 Å². The standard InChI is InChI=1S/C17H19N3O5/c1-11(21)19-12-5-7-13(8-6-12)20-17(23)16(22)18-10-15(24-2)14-4-3-9-25-14/h3-9,15H,10H2,1-2H3,(H,18,22)(H,19,21)(H,20,23). The summed E-state index contributed by atoms with van der Waals surface area (Å²) in [6, 6.07) is 9.83. The van der Waals surface area contributed by atoms with Crippen molar-refractivity contribution >= 4 is 29.1 Å². The topological polar surface area (TPSA) is 110 Å². The fourth-order valence-corrected chi connectivity index (χ4v) is 2.07. The molecule has 0 bridgehead atoms. The zero-order valence-corrected chi connectivity index (χ0v) is 13.9. The highest BCUT2D eigenvalue weighted by Gasteiger charge is 2.18. The molecule has 0 fully saturated rings. The fraction of sp³-hybridized carbons (Fsp3) is 0.235. The highest BCUT2D eigenvalue weighted by Crippen LogP contribution is 2.16. The second-order valence-corrected chi connectivity index (χ2v) is 5.16. The van der Waals surface area contributed by atoms with Crippen molar-refractivity contribution in [1.82, 2.24) is 5.32 Å². The van der Waals surface area contributed by atoms with Gasteiger partial charge in [-0.05, 0) is 36.4 Å². The van der Waals surface area contributed by atoms with Crippen LogP contribution >= 0.6 is 0 Å². The SMILES string of the molecule is COC(CNC(=O)C(=O)Nc1ccc(NC(C)=O)cc1)c1ccco1. The van der Waals surface area contributed by atoms with Gasteiger partial charge in [0.05, 0.1) is 12.8 Å². The quantitative estimate of drug-likeness (QED) is 0.690. The molecule has 3 amide bonds. The van der Waals surface area contributed by atoms with E-state index in [1.54, 1.807) is 36.4 Å². The van der Waals surface area contributed by atoms with Crippen molar-refractivity contribution in [2.45, 2.75) is 13.0 Å². The molecule has 0 spiro atoms. The molecule has 1 unspecified atom stereocenters. The molecule has 1 heterocycles. The van der Waals surface area contributed by atoms with Crippen LogP contribution in [0, 0.1) is 0 Å². The number of rotatable bonds is 6. The van der Waals surface area contributed by atoms with E-state index in [0.717, 1.165) is 0 Å². The van der Waals surface area contributed by atoms with E-state index in [0.29, 0.717) is 17.1 Å². The molecule has 1 aromatic carbocycles. The van der Waals surface area contributed by atoms with Gasteiger partial charge in [-0.3, -0.25) is 14.4 Å². The highest BCUT2D eigenvalue weighted by atomic mass is 16.5. The molecule has 0 aliphatic heterocycles. The predicted molar refractivity (Wildman–Crippen MR) is 90.8 cm³/mol. The van der Waals surface area contributed by atoms with Crippen LogP contribution in [0.3, 0.4) is 0 Å². The van der Waals surface area contributed by atoms with Gasteiger partial charge < -0.3 is 25.1 Å². The highest BCUT2D eigenvalue weighted by molar-refractivity contribution is 6.39. The van der Waals surface area contributed by atoms with Gasteiger partial charge in [0.15, 0.2) is 0 Å². The van der Waals surface area contributed by atoms with Gasteiger partial charge in [0.1, 0.15) is 11.9 Å². The van der Waals surface area contributed by atoms with Crippen LogP contribution in [0.5, 0.6) is 0 Å². The number of furan rings is 1. The first-order valence-electron chi connectivity index (χ1n) is 7.52. The Hall–Kier alpha value is -3.13. The average Bonchev–Trinajstić information content (AvgIpc) is 3.11. The maximum atomic E-state index is 11.9. The second kappa shape index (κ2) is 8.65. The number of benzene rings is 1. The van der Waals surface area contributed by atoms with Crippen LogP contribution < -0.4 is 16.0 Å². The van der Waals surface area contributed by atoms with E-state index < -0.39 is 17.9 Å². The van der Waals surface area contributed by atoms with E-state index in [1.807, 2.05) is 0 Å². The van der Waals surface area contributed by atoms with Crippen molar-refractivity contribution in [3.63, 3.8) is 0 Å². The first-order valence-corrected chi connectivity index (χ1v) is 7.52. The zero-order valence-electron chi connectivity index (χ0n) is 13.9. The first-order chi connectivity index (χ1) is 12.0. The molecule has 132 valence electrons. The molecule has 8 nitrogen and oxygen atoms in total. The molecule has 1 aromatic heterocycles. The monoisotopic (exact) mass is 345 g/mol. The maximum absolute atomic E-state index is 11.9. The summed E-state index contributed by atoms with van der Waals surface area (Å²) in [5.41, 5.74) is 1.03. The molecule has 0 aliphatic carbocycles. The lowest BCUT2D eigenvalue weighted by atomic mass is 10.2. The third kappa shape index (κ3) is 5.47. The summed E-state index contributed by atoms with van der Waals surface area (Å²) in [7, 11) is 1.48. The summed E-state index contributed by atoms with van der Waals surface area (Å²) in [5, 5.41) is 7.56. The molecule has 2 aromatic rings. The van der Waals surface area contributed by atoms with Crippen LogP contribution in [-0.4, -0.2) is 31.4 Å². The van der Waals surface area contributed by atoms with Gasteiger partial charge in [0, 0.05) is 25.4 Å². The number of carbonyl (C=O) groups excluding carboxylic acids is 3. The molecule has 8 heteroatoms. The van der Waals surface area contributed by atoms with Crippen molar-refractivity contribution < 1.29 is 23.5 Å². The van der Waals surface area contributed by atoms with Crippen LogP contribution in [0.25, 0.3) is 0 Å². The summed E-state index contributed by atoms with van der Waals surface area (Å²) in [6.07, 6.45) is 1.02. The number of anilines is 2. The van der Waals surface area contributed by atoms with Crippen molar-refractivity contribution in [1.29, 1.82) is 0 Å². The number of carbonyl (C=O) groups is 3. The van der Waals surface area contributed by atoms with Crippen molar-refractivity contribution in [3.8, 4) is 0 Å². The molecule has 0 aliphatic rings. The molecule has 0 saturated heterocycles. The van der Waals surface area contributed by atoms with Gasteiger partial charge in [-0.1, -0.05) is 0 Å². The number of ether oxygens (including phenoxy) is 1. The van der Waals surface area contributed by atoms with Gasteiger partial charge in [0.2, 0.25) is 5.91 Å². The molecule has 1 atom stereocenters. The normalized spacial score (nSPS) is 11.4. The smallest absolute Gasteiger partial charge is 0.313 e. The third-order valence-electron chi connectivity index (χ3n) is 3.26. The maximum Gasteiger partial charge on any atom is 0.313 e. The molecule has 25 heavy (non-hydrogen) atoms. The Morgan fingerprint density at radius 3 is 2.20 bits per heavy atom. The summed E-state index contributed by atoms with van der Waals surface area (Å²) >= 11 is 0. The molecule has 0 saturated carbocycles. The van der Waals surface area contributed by atoms with Crippen LogP contribution in [0.2, 0.25) is 0 Å². The zero-order chi connectivity index (χ0) is 18.2. The first kappa shape index (κ1) is 18.2. The molecular weight excluding hydrogens is 326 g/mol.